The highest BCUT2D eigenvalue weighted by molar-refractivity contribution is 5.37. The molecule has 3 heteroatoms. The third-order valence-corrected chi connectivity index (χ3v) is 1.16. The summed E-state index contributed by atoms with van der Waals surface area (Å²) in [5, 5.41) is 17.9. The fourth-order valence-electron chi connectivity index (χ4n) is 0.741. The first-order chi connectivity index (χ1) is 5.20. The number of phenols is 1. The maximum absolute atomic E-state index is 9.12. The highest BCUT2D eigenvalue weighted by Crippen LogP contribution is 2.24. The van der Waals surface area contributed by atoms with E-state index >= 15 is 0 Å². The summed E-state index contributed by atoms with van der Waals surface area (Å²) in [5.74, 6) is 0.330. The van der Waals surface area contributed by atoms with Crippen LogP contribution in [0.15, 0.2) is 24.3 Å². The molecule has 0 aliphatic heterocycles. The Kier molecular flexibility index (Phi) is 2.33. The molecule has 1 aromatic rings. The molecule has 0 saturated heterocycles. The van der Waals surface area contributed by atoms with Crippen molar-refractivity contribution in [1.29, 1.82) is 0 Å². The van der Waals surface area contributed by atoms with Gasteiger partial charge in [0.2, 0.25) is 0 Å². The van der Waals surface area contributed by atoms with Crippen LogP contribution in [0.25, 0.3) is 0 Å². The summed E-state index contributed by atoms with van der Waals surface area (Å²) in [5.41, 5.74) is 0. The van der Waals surface area contributed by atoms with Gasteiger partial charge < -0.3 is 14.9 Å². The third-order valence-electron chi connectivity index (χ3n) is 1.16. The molecule has 1 atom stereocenters. The molecular formula is C8H10O3. The van der Waals surface area contributed by atoms with Crippen molar-refractivity contribution in [3.63, 3.8) is 0 Å². The van der Waals surface area contributed by atoms with Gasteiger partial charge in [0.1, 0.15) is 0 Å². The third kappa shape index (κ3) is 2.13. The summed E-state index contributed by atoms with van der Waals surface area (Å²) >= 11 is 0. The zero-order chi connectivity index (χ0) is 8.27. The molecule has 0 aromatic heterocycles. The van der Waals surface area contributed by atoms with Gasteiger partial charge in [-0.2, -0.15) is 0 Å². The molecule has 0 aliphatic rings. The molecule has 0 radical (unpaired) electrons. The molecule has 11 heavy (non-hydrogen) atoms. The molecule has 0 fully saturated rings. The number of aromatic hydroxyl groups is 1. The predicted octanol–water partition coefficient (Wildman–Crippen LogP) is 1.11. The summed E-state index contributed by atoms with van der Waals surface area (Å²) in [6, 6.07) is 6.49. The number of hydrogen-bond acceptors (Lipinski definition) is 3. The summed E-state index contributed by atoms with van der Waals surface area (Å²) in [4.78, 5) is 0. The molecule has 2 N–H and O–H groups in total. The number of ether oxygens (including phenoxy) is 1. The number of hydrogen-bond donors (Lipinski definition) is 2. The highest BCUT2D eigenvalue weighted by atomic mass is 16.6. The Morgan fingerprint density at radius 2 is 2.00 bits per heavy atom. The molecule has 0 aliphatic carbocycles. The quantitative estimate of drug-likeness (QED) is 0.627. The maximum atomic E-state index is 9.12. The number of benzene rings is 1. The molecule has 0 heterocycles. The molecule has 0 amide bonds. The van der Waals surface area contributed by atoms with Gasteiger partial charge in [-0.3, -0.25) is 0 Å². The minimum Gasteiger partial charge on any atom is -0.504 e. The number of aliphatic hydroxyl groups excluding tert-OH is 1. The average Bonchev–Trinajstić information content (AvgIpc) is 1.93. The normalized spacial score (nSPS) is 12.5. The molecule has 3 nitrogen and oxygen atoms in total. The van der Waals surface area contributed by atoms with E-state index in [2.05, 4.69) is 0 Å². The lowest BCUT2D eigenvalue weighted by molar-refractivity contribution is -0.00206. The van der Waals surface area contributed by atoms with Gasteiger partial charge in [-0.15, -0.1) is 0 Å². The van der Waals surface area contributed by atoms with Crippen molar-refractivity contribution < 1.29 is 14.9 Å². The minimum atomic E-state index is -0.900. The Morgan fingerprint density at radius 1 is 1.36 bits per heavy atom. The van der Waals surface area contributed by atoms with Crippen LogP contribution in [0.1, 0.15) is 6.92 Å². The molecule has 0 spiro atoms. The Hall–Kier alpha value is -1.22. The SMILES string of the molecule is CC(O)Oc1ccccc1O. The average molecular weight is 154 g/mol. The summed E-state index contributed by atoms with van der Waals surface area (Å²) in [6.45, 7) is 1.48. The van der Waals surface area contributed by atoms with Gasteiger partial charge in [-0.1, -0.05) is 12.1 Å². The van der Waals surface area contributed by atoms with Gasteiger partial charge in [-0.25, -0.2) is 0 Å². The molecule has 0 saturated carbocycles. The van der Waals surface area contributed by atoms with E-state index < -0.39 is 6.29 Å². The van der Waals surface area contributed by atoms with Crippen LogP contribution in [0.4, 0.5) is 0 Å². The molecule has 1 unspecified atom stereocenters. The lowest BCUT2D eigenvalue weighted by Gasteiger charge is -2.08. The lowest BCUT2D eigenvalue weighted by atomic mass is 10.3. The minimum absolute atomic E-state index is 0.0356. The first kappa shape index (κ1) is 7.88. The maximum Gasteiger partial charge on any atom is 0.194 e. The van der Waals surface area contributed by atoms with Gasteiger partial charge >= 0.3 is 0 Å². The summed E-state index contributed by atoms with van der Waals surface area (Å²) in [7, 11) is 0. The van der Waals surface area contributed by atoms with E-state index in [4.69, 9.17) is 14.9 Å². The van der Waals surface area contributed by atoms with Crippen molar-refractivity contribution in [1.82, 2.24) is 0 Å². The number of rotatable bonds is 2. The largest absolute Gasteiger partial charge is 0.504 e. The standard InChI is InChI=1S/C8H10O3/c1-6(9)11-8-5-3-2-4-7(8)10/h2-6,9-10H,1H3. The molecule has 60 valence electrons. The van der Waals surface area contributed by atoms with Crippen LogP contribution in [0.2, 0.25) is 0 Å². The van der Waals surface area contributed by atoms with Crippen LogP contribution in [-0.4, -0.2) is 16.5 Å². The van der Waals surface area contributed by atoms with E-state index in [9.17, 15) is 0 Å². The lowest BCUT2D eigenvalue weighted by Crippen LogP contribution is -2.09. The van der Waals surface area contributed by atoms with Gasteiger partial charge in [0.25, 0.3) is 0 Å². The van der Waals surface area contributed by atoms with E-state index in [1.54, 1.807) is 18.2 Å². The van der Waals surface area contributed by atoms with Crippen LogP contribution in [0, 0.1) is 0 Å². The second kappa shape index (κ2) is 3.25. The number of aliphatic hydroxyl groups is 1. The summed E-state index contributed by atoms with van der Waals surface area (Å²) < 4.78 is 4.85. The summed E-state index contributed by atoms with van der Waals surface area (Å²) in [6.07, 6.45) is -0.900. The second-order valence-electron chi connectivity index (χ2n) is 2.18. The van der Waals surface area contributed by atoms with Crippen LogP contribution >= 0.6 is 0 Å². The Balaban J connectivity index is 2.78. The van der Waals surface area contributed by atoms with E-state index in [1.165, 1.54) is 13.0 Å². The predicted molar refractivity (Wildman–Crippen MR) is 40.4 cm³/mol. The molecular weight excluding hydrogens is 144 g/mol. The number of para-hydroxylation sites is 2. The van der Waals surface area contributed by atoms with Crippen LogP contribution in [0.3, 0.4) is 0 Å². The van der Waals surface area contributed by atoms with Crippen molar-refractivity contribution in [3.05, 3.63) is 24.3 Å². The Morgan fingerprint density at radius 3 is 2.55 bits per heavy atom. The van der Waals surface area contributed by atoms with Crippen LogP contribution in [0.5, 0.6) is 11.5 Å². The second-order valence-corrected chi connectivity index (χ2v) is 2.18. The van der Waals surface area contributed by atoms with Crippen molar-refractivity contribution in [2.24, 2.45) is 0 Å². The van der Waals surface area contributed by atoms with E-state index in [1.807, 2.05) is 0 Å². The topological polar surface area (TPSA) is 49.7 Å². The van der Waals surface area contributed by atoms with Gasteiger partial charge in [-0.05, 0) is 19.1 Å². The Bertz CT molecular complexity index is 233. The molecule has 1 aromatic carbocycles. The van der Waals surface area contributed by atoms with Crippen LogP contribution < -0.4 is 4.74 Å². The van der Waals surface area contributed by atoms with E-state index in [0.717, 1.165) is 0 Å². The van der Waals surface area contributed by atoms with Gasteiger partial charge in [0, 0.05) is 0 Å². The monoisotopic (exact) mass is 154 g/mol. The van der Waals surface area contributed by atoms with E-state index in [0.29, 0.717) is 5.75 Å². The Labute approximate surface area is 64.9 Å². The first-order valence-electron chi connectivity index (χ1n) is 3.33. The number of phenolic OH excluding ortho intramolecular Hbond substituents is 1. The zero-order valence-corrected chi connectivity index (χ0v) is 6.19. The molecule has 0 bridgehead atoms. The van der Waals surface area contributed by atoms with Crippen molar-refractivity contribution in [2.75, 3.05) is 0 Å². The van der Waals surface area contributed by atoms with Gasteiger partial charge in [0.15, 0.2) is 17.8 Å². The highest BCUT2D eigenvalue weighted by Gasteiger charge is 2.02. The smallest absolute Gasteiger partial charge is 0.194 e. The van der Waals surface area contributed by atoms with Crippen molar-refractivity contribution in [2.45, 2.75) is 13.2 Å². The van der Waals surface area contributed by atoms with Crippen molar-refractivity contribution in [3.8, 4) is 11.5 Å². The van der Waals surface area contributed by atoms with E-state index in [-0.39, 0.29) is 5.75 Å². The molecule has 1 rings (SSSR count). The van der Waals surface area contributed by atoms with Gasteiger partial charge in [0.05, 0.1) is 0 Å². The first-order valence-corrected chi connectivity index (χ1v) is 3.33. The fraction of sp³-hybridized carbons (Fsp3) is 0.250. The van der Waals surface area contributed by atoms with Crippen molar-refractivity contribution >= 4 is 0 Å². The zero-order valence-electron chi connectivity index (χ0n) is 6.19. The fourth-order valence-corrected chi connectivity index (χ4v) is 0.741. The van der Waals surface area contributed by atoms with Crippen LogP contribution in [-0.2, 0) is 0 Å².